The first-order valence-electron chi connectivity index (χ1n) is 13.8. The van der Waals surface area contributed by atoms with E-state index in [1.807, 2.05) is 11.8 Å². The number of fused-ring (bicyclic) bond motifs is 2. The van der Waals surface area contributed by atoms with Crippen molar-refractivity contribution in [3.63, 3.8) is 0 Å². The van der Waals surface area contributed by atoms with Crippen LogP contribution in [0.1, 0.15) is 66.3 Å². The summed E-state index contributed by atoms with van der Waals surface area (Å²) in [5.74, 6) is 0.489. The molecule has 0 spiro atoms. The van der Waals surface area contributed by atoms with Gasteiger partial charge in [0.25, 0.3) is 0 Å². The summed E-state index contributed by atoms with van der Waals surface area (Å²) in [6, 6.07) is 8.44. The minimum atomic E-state index is -4.44. The van der Waals surface area contributed by atoms with Gasteiger partial charge >= 0.3 is 11.8 Å². The maximum atomic E-state index is 13.0. The molecular formula is C31H34F3NO5. The zero-order chi connectivity index (χ0) is 28.7. The highest BCUT2D eigenvalue weighted by Gasteiger charge is 2.43. The molecule has 1 saturated heterocycles. The fourth-order valence-electron chi connectivity index (χ4n) is 6.20. The van der Waals surface area contributed by atoms with E-state index < -0.39 is 23.0 Å². The molecule has 5 rings (SSSR count). The Morgan fingerprint density at radius 2 is 1.95 bits per heavy atom. The predicted molar refractivity (Wildman–Crippen MR) is 144 cm³/mol. The summed E-state index contributed by atoms with van der Waals surface area (Å²) >= 11 is 0. The van der Waals surface area contributed by atoms with E-state index in [1.54, 1.807) is 25.1 Å². The number of likely N-dealkylation sites (tertiary alicyclic amines) is 1. The Hall–Kier alpha value is -3.33. The first-order valence-corrected chi connectivity index (χ1v) is 13.8. The number of benzene rings is 2. The molecule has 214 valence electrons. The third kappa shape index (κ3) is 5.61. The van der Waals surface area contributed by atoms with Crippen LogP contribution in [0.25, 0.3) is 11.0 Å². The van der Waals surface area contributed by atoms with Crippen LogP contribution in [-0.4, -0.2) is 34.6 Å². The van der Waals surface area contributed by atoms with Gasteiger partial charge in [-0.1, -0.05) is 25.0 Å². The van der Waals surface area contributed by atoms with E-state index in [4.69, 9.17) is 9.15 Å². The summed E-state index contributed by atoms with van der Waals surface area (Å²) in [4.78, 5) is 27.8. The number of aryl methyl sites for hydroxylation is 2. The molecule has 2 aromatic carbocycles. The van der Waals surface area contributed by atoms with Gasteiger partial charge in [0.15, 0.2) is 0 Å². The molecule has 1 aromatic heterocycles. The van der Waals surface area contributed by atoms with E-state index >= 15 is 0 Å². The summed E-state index contributed by atoms with van der Waals surface area (Å²) in [6.07, 6.45) is 0.420. The van der Waals surface area contributed by atoms with E-state index in [1.165, 1.54) is 6.07 Å². The Morgan fingerprint density at radius 3 is 2.73 bits per heavy atom. The second-order valence-corrected chi connectivity index (χ2v) is 11.2. The van der Waals surface area contributed by atoms with Crippen LogP contribution in [0.3, 0.4) is 0 Å². The summed E-state index contributed by atoms with van der Waals surface area (Å²) in [7, 11) is 0. The van der Waals surface area contributed by atoms with Gasteiger partial charge in [0.2, 0.25) is 5.91 Å². The number of piperidine rings is 1. The Bertz CT molecular complexity index is 1480. The lowest BCUT2D eigenvalue weighted by Crippen LogP contribution is -2.54. The molecule has 0 unspecified atom stereocenters. The fraction of sp³-hybridized carbons (Fsp3) is 0.484. The van der Waals surface area contributed by atoms with Gasteiger partial charge in [-0.15, -0.1) is 0 Å². The molecule has 1 aliphatic heterocycles. The van der Waals surface area contributed by atoms with Crippen LogP contribution in [0.2, 0.25) is 0 Å². The van der Waals surface area contributed by atoms with E-state index in [0.717, 1.165) is 48.8 Å². The van der Waals surface area contributed by atoms with Crippen LogP contribution in [0, 0.1) is 19.8 Å². The first-order chi connectivity index (χ1) is 19.0. The Balaban J connectivity index is 1.28. The molecular weight excluding hydrogens is 523 g/mol. The number of halogens is 3. The average molecular weight is 558 g/mol. The number of carbonyl (C=O) groups excluding carboxylic acids is 1. The third-order valence-corrected chi connectivity index (χ3v) is 8.67. The summed E-state index contributed by atoms with van der Waals surface area (Å²) in [5.41, 5.74) is 0.555. The number of ether oxygens (including phenoxy) is 1. The van der Waals surface area contributed by atoms with Gasteiger partial charge in [-0.25, -0.2) is 4.79 Å². The largest absolute Gasteiger partial charge is 0.488 e. The molecule has 1 amide bonds. The molecule has 0 radical (unpaired) electrons. The molecule has 40 heavy (non-hydrogen) atoms. The molecule has 1 N–H and O–H groups in total. The van der Waals surface area contributed by atoms with Crippen molar-refractivity contribution in [3.05, 3.63) is 74.6 Å². The van der Waals surface area contributed by atoms with Crippen molar-refractivity contribution >= 4 is 16.9 Å². The standard InChI is InChI=1S/C31H34F3NO5/c1-19-24-9-11-26(39-18-21-6-5-8-22(16-21)31(32,33)34)20(2)28(24)40-29(37)25(19)10-12-27(36)35-15-14-30(38)13-4-3-7-23(30)17-35/h5-6,8-9,11,16,23,38H,3-4,7,10,12-15,17-18H2,1-2H3/t23-,30+/m1/s1. The van der Waals surface area contributed by atoms with E-state index in [-0.39, 0.29) is 31.3 Å². The van der Waals surface area contributed by atoms with E-state index in [0.29, 0.717) is 47.5 Å². The lowest BCUT2D eigenvalue weighted by Gasteiger charge is -2.47. The number of hydrogen-bond donors (Lipinski definition) is 1. The highest BCUT2D eigenvalue weighted by Crippen LogP contribution is 2.40. The summed E-state index contributed by atoms with van der Waals surface area (Å²) < 4.78 is 50.6. The van der Waals surface area contributed by atoms with Crippen LogP contribution in [0.15, 0.2) is 45.6 Å². The van der Waals surface area contributed by atoms with Gasteiger partial charge in [0.05, 0.1) is 11.2 Å². The van der Waals surface area contributed by atoms with Crippen molar-refractivity contribution in [2.75, 3.05) is 13.1 Å². The normalized spacial score (nSPS) is 21.4. The zero-order valence-electron chi connectivity index (χ0n) is 22.8. The molecule has 2 fully saturated rings. The Kier molecular flexibility index (Phi) is 7.70. The van der Waals surface area contributed by atoms with Gasteiger partial charge < -0.3 is 19.2 Å². The maximum absolute atomic E-state index is 13.0. The first kappa shape index (κ1) is 28.2. The number of rotatable bonds is 6. The molecule has 2 atom stereocenters. The smallest absolute Gasteiger partial charge is 0.416 e. The molecule has 1 aliphatic carbocycles. The fourth-order valence-corrected chi connectivity index (χ4v) is 6.20. The lowest BCUT2D eigenvalue weighted by molar-refractivity contribution is -0.143. The van der Waals surface area contributed by atoms with E-state index in [2.05, 4.69) is 0 Å². The predicted octanol–water partition coefficient (Wildman–Crippen LogP) is 6.09. The molecule has 1 saturated carbocycles. The number of carbonyl (C=O) groups is 1. The number of amides is 1. The monoisotopic (exact) mass is 557 g/mol. The molecule has 9 heteroatoms. The Morgan fingerprint density at radius 1 is 1.15 bits per heavy atom. The van der Waals surface area contributed by atoms with Gasteiger partial charge in [-0.2, -0.15) is 13.2 Å². The minimum absolute atomic E-state index is 0.0268. The van der Waals surface area contributed by atoms with Crippen LogP contribution >= 0.6 is 0 Å². The van der Waals surface area contributed by atoms with Crippen molar-refractivity contribution in [1.82, 2.24) is 4.90 Å². The quantitative estimate of drug-likeness (QED) is 0.371. The second kappa shape index (κ2) is 10.9. The number of nitrogens with zero attached hydrogens (tertiary/aromatic N) is 1. The molecule has 2 aliphatic rings. The van der Waals surface area contributed by atoms with Gasteiger partial charge in [-0.3, -0.25) is 4.79 Å². The third-order valence-electron chi connectivity index (χ3n) is 8.67. The highest BCUT2D eigenvalue weighted by atomic mass is 19.4. The van der Waals surface area contributed by atoms with Gasteiger partial charge in [-0.05, 0) is 74.9 Å². The van der Waals surface area contributed by atoms with Crippen LogP contribution < -0.4 is 10.4 Å². The van der Waals surface area contributed by atoms with Crippen molar-refractivity contribution in [2.24, 2.45) is 5.92 Å². The van der Waals surface area contributed by atoms with Gasteiger partial charge in [0, 0.05) is 41.9 Å². The summed E-state index contributed by atoms with van der Waals surface area (Å²) in [6.45, 7) is 4.57. The number of hydrogen-bond acceptors (Lipinski definition) is 5. The second-order valence-electron chi connectivity index (χ2n) is 11.2. The number of aliphatic hydroxyl groups is 1. The van der Waals surface area contributed by atoms with Gasteiger partial charge in [0.1, 0.15) is 17.9 Å². The molecule has 3 aromatic rings. The zero-order valence-corrected chi connectivity index (χ0v) is 22.8. The molecule has 2 heterocycles. The van der Waals surface area contributed by atoms with Crippen LogP contribution in [0.5, 0.6) is 5.75 Å². The SMILES string of the molecule is Cc1c(CCC(=O)N2CC[C@@]3(O)CCCC[C@@H]3C2)c(=O)oc2c(C)c(OCc3cccc(C(F)(F)F)c3)ccc12. The van der Waals surface area contributed by atoms with Crippen molar-refractivity contribution in [2.45, 2.75) is 77.2 Å². The summed E-state index contributed by atoms with van der Waals surface area (Å²) in [5, 5.41) is 11.6. The topological polar surface area (TPSA) is 80.0 Å². The molecule has 6 nitrogen and oxygen atoms in total. The van der Waals surface area contributed by atoms with E-state index in [9.17, 15) is 27.9 Å². The average Bonchev–Trinajstić information content (AvgIpc) is 2.92. The van der Waals surface area contributed by atoms with Crippen molar-refractivity contribution in [3.8, 4) is 5.75 Å². The molecule has 0 bridgehead atoms. The van der Waals surface area contributed by atoms with Crippen molar-refractivity contribution < 1.29 is 32.2 Å². The number of alkyl halides is 3. The Labute approximate surface area is 230 Å². The van der Waals surface area contributed by atoms with Crippen molar-refractivity contribution in [1.29, 1.82) is 0 Å². The lowest BCUT2D eigenvalue weighted by atomic mass is 9.71. The van der Waals surface area contributed by atoms with Crippen LogP contribution in [-0.2, 0) is 24.0 Å². The van der Waals surface area contributed by atoms with Crippen LogP contribution in [0.4, 0.5) is 13.2 Å². The minimum Gasteiger partial charge on any atom is -0.488 e. The maximum Gasteiger partial charge on any atom is 0.416 e. The highest BCUT2D eigenvalue weighted by molar-refractivity contribution is 5.86.